The average Bonchev–Trinajstić information content (AvgIpc) is 2.71. The summed E-state index contributed by atoms with van der Waals surface area (Å²) < 4.78 is 0.981. The number of aryl methyl sites for hydroxylation is 2. The average molecular weight is 404 g/mol. The van der Waals surface area contributed by atoms with Gasteiger partial charge in [0.15, 0.2) is 0 Å². The summed E-state index contributed by atoms with van der Waals surface area (Å²) in [6.07, 6.45) is 3.88. The molecule has 0 saturated heterocycles. The number of benzene rings is 2. The summed E-state index contributed by atoms with van der Waals surface area (Å²) in [6.45, 7) is 3.69. The van der Waals surface area contributed by atoms with E-state index in [4.69, 9.17) is 0 Å². The van der Waals surface area contributed by atoms with Crippen LogP contribution >= 0.6 is 0 Å². The zero-order valence-corrected chi connectivity index (χ0v) is 16.4. The molecular weight excluding hydrogens is 384 g/mol. The van der Waals surface area contributed by atoms with Gasteiger partial charge in [-0.15, -0.1) is 0 Å². The van der Waals surface area contributed by atoms with Crippen molar-refractivity contribution in [2.75, 3.05) is 0 Å². The number of H-pyrrole nitrogens is 1. The molecule has 0 fully saturated rings. The number of hydrazone groups is 1. The van der Waals surface area contributed by atoms with E-state index in [2.05, 4.69) is 15.5 Å². The van der Waals surface area contributed by atoms with E-state index in [0.29, 0.717) is 5.69 Å². The van der Waals surface area contributed by atoms with Gasteiger partial charge in [0.2, 0.25) is 5.88 Å². The first-order chi connectivity index (χ1) is 14.4. The Kier molecular flexibility index (Phi) is 6.07. The molecule has 152 valence electrons. The lowest BCUT2D eigenvalue weighted by atomic mass is 10.1. The van der Waals surface area contributed by atoms with Gasteiger partial charge in [-0.05, 0) is 37.1 Å². The predicted octanol–water partition coefficient (Wildman–Crippen LogP) is 2.01. The maximum atomic E-state index is 12.3. The van der Waals surface area contributed by atoms with Gasteiger partial charge < -0.3 is 5.11 Å². The van der Waals surface area contributed by atoms with Crippen molar-refractivity contribution in [3.63, 3.8) is 0 Å². The quantitative estimate of drug-likeness (QED) is 0.343. The molecule has 0 spiro atoms. The van der Waals surface area contributed by atoms with E-state index in [1.54, 1.807) is 25.1 Å². The predicted molar refractivity (Wildman–Crippen MR) is 115 cm³/mol. The molecule has 1 amide bonds. The molecule has 0 saturated carbocycles. The third-order valence-electron chi connectivity index (χ3n) is 4.31. The number of aromatic hydroxyl groups is 1. The third kappa shape index (κ3) is 4.61. The summed E-state index contributed by atoms with van der Waals surface area (Å²) >= 11 is 0. The fraction of sp³-hybridized carbons (Fsp3) is 0.0909. The Balaban J connectivity index is 1.86. The zero-order chi connectivity index (χ0) is 21.7. The van der Waals surface area contributed by atoms with Crippen LogP contribution in [-0.2, 0) is 4.79 Å². The lowest BCUT2D eigenvalue weighted by molar-refractivity contribution is -0.116. The fourth-order valence-electron chi connectivity index (χ4n) is 2.87. The molecule has 0 atom stereocenters. The Bertz CT molecular complexity index is 1250. The number of rotatable bonds is 5. The van der Waals surface area contributed by atoms with Crippen LogP contribution in [0.1, 0.15) is 22.3 Å². The number of hydrogen-bond acceptors (Lipinski definition) is 5. The van der Waals surface area contributed by atoms with Crippen LogP contribution in [0.15, 0.2) is 69.3 Å². The molecule has 1 heterocycles. The molecule has 0 aliphatic heterocycles. The Morgan fingerprint density at radius 1 is 1.13 bits per heavy atom. The standard InChI is InChI=1S/C22H20N4O4/c1-14-8-10-18(15(2)12-14)26-21(29)17(20(28)24-22(26)30)13-23-25-19(27)11-9-16-6-4-3-5-7-16/h3-13,29H,1-2H3,(H,25,27)(H,24,28,30)/b11-9+,23-13?. The second kappa shape index (κ2) is 8.87. The van der Waals surface area contributed by atoms with E-state index >= 15 is 0 Å². The number of hydrogen-bond donors (Lipinski definition) is 3. The van der Waals surface area contributed by atoms with Gasteiger partial charge in [0.1, 0.15) is 5.56 Å². The van der Waals surface area contributed by atoms with Crippen molar-refractivity contribution in [1.82, 2.24) is 15.0 Å². The second-order valence-electron chi connectivity index (χ2n) is 6.60. The fourth-order valence-corrected chi connectivity index (χ4v) is 2.87. The molecule has 8 nitrogen and oxygen atoms in total. The van der Waals surface area contributed by atoms with Crippen LogP contribution in [0.3, 0.4) is 0 Å². The zero-order valence-electron chi connectivity index (χ0n) is 16.4. The van der Waals surface area contributed by atoms with Crippen molar-refractivity contribution in [2.45, 2.75) is 13.8 Å². The van der Waals surface area contributed by atoms with Crippen molar-refractivity contribution >= 4 is 18.2 Å². The lowest BCUT2D eigenvalue weighted by Gasteiger charge is -2.12. The minimum absolute atomic E-state index is 0.262. The number of aromatic nitrogens is 2. The largest absolute Gasteiger partial charge is 0.493 e. The molecule has 0 unspecified atom stereocenters. The number of carbonyl (C=O) groups is 1. The van der Waals surface area contributed by atoms with Gasteiger partial charge in [0, 0.05) is 6.08 Å². The summed E-state index contributed by atoms with van der Waals surface area (Å²) in [7, 11) is 0. The van der Waals surface area contributed by atoms with Crippen molar-refractivity contribution in [3.05, 3.63) is 97.7 Å². The van der Waals surface area contributed by atoms with E-state index in [-0.39, 0.29) is 5.56 Å². The number of nitrogens with one attached hydrogen (secondary N) is 2. The van der Waals surface area contributed by atoms with Crippen LogP contribution in [0.2, 0.25) is 0 Å². The normalized spacial score (nSPS) is 11.3. The van der Waals surface area contributed by atoms with Crippen LogP contribution in [0.25, 0.3) is 11.8 Å². The highest BCUT2D eigenvalue weighted by Gasteiger charge is 2.15. The van der Waals surface area contributed by atoms with Crippen molar-refractivity contribution in [3.8, 4) is 11.6 Å². The smallest absolute Gasteiger partial charge is 0.335 e. The van der Waals surface area contributed by atoms with E-state index in [1.165, 1.54) is 6.08 Å². The summed E-state index contributed by atoms with van der Waals surface area (Å²) in [5.41, 5.74) is 3.36. The van der Waals surface area contributed by atoms with Crippen LogP contribution in [0, 0.1) is 13.8 Å². The molecule has 30 heavy (non-hydrogen) atoms. The van der Waals surface area contributed by atoms with Gasteiger partial charge in [0.25, 0.3) is 11.5 Å². The van der Waals surface area contributed by atoms with Crippen molar-refractivity contribution in [1.29, 1.82) is 0 Å². The van der Waals surface area contributed by atoms with Gasteiger partial charge in [0.05, 0.1) is 11.9 Å². The summed E-state index contributed by atoms with van der Waals surface area (Å²) in [6, 6.07) is 14.5. The highest BCUT2D eigenvalue weighted by Crippen LogP contribution is 2.19. The van der Waals surface area contributed by atoms with Crippen LogP contribution in [0.5, 0.6) is 5.88 Å². The highest BCUT2D eigenvalue weighted by molar-refractivity contribution is 5.92. The molecule has 3 N–H and O–H groups in total. The molecule has 1 aromatic heterocycles. The SMILES string of the molecule is Cc1ccc(-n2c(O)c(C=NNC(=O)/C=C/c3ccccc3)c(=O)[nH]c2=O)c(C)c1. The van der Waals surface area contributed by atoms with E-state index in [1.807, 2.05) is 43.3 Å². The Morgan fingerprint density at radius 2 is 1.87 bits per heavy atom. The van der Waals surface area contributed by atoms with Gasteiger partial charge in [-0.3, -0.25) is 14.6 Å². The maximum Gasteiger partial charge on any atom is 0.335 e. The number of aromatic amines is 1. The van der Waals surface area contributed by atoms with Gasteiger partial charge in [-0.25, -0.2) is 14.8 Å². The van der Waals surface area contributed by atoms with E-state index in [0.717, 1.165) is 27.5 Å². The maximum absolute atomic E-state index is 12.3. The molecule has 0 aliphatic rings. The first-order valence-corrected chi connectivity index (χ1v) is 9.09. The molecule has 3 aromatic rings. The third-order valence-corrected chi connectivity index (χ3v) is 4.31. The summed E-state index contributed by atoms with van der Waals surface area (Å²) in [5, 5.41) is 14.2. The summed E-state index contributed by atoms with van der Waals surface area (Å²) in [4.78, 5) is 38.4. The monoisotopic (exact) mass is 404 g/mol. The molecule has 3 rings (SSSR count). The van der Waals surface area contributed by atoms with Gasteiger partial charge in [-0.1, -0.05) is 48.0 Å². The minimum Gasteiger partial charge on any atom is -0.493 e. The van der Waals surface area contributed by atoms with E-state index < -0.39 is 23.0 Å². The molecule has 8 heteroatoms. The van der Waals surface area contributed by atoms with Crippen LogP contribution in [0.4, 0.5) is 0 Å². The lowest BCUT2D eigenvalue weighted by Crippen LogP contribution is -2.32. The van der Waals surface area contributed by atoms with Crippen molar-refractivity contribution < 1.29 is 9.90 Å². The van der Waals surface area contributed by atoms with E-state index in [9.17, 15) is 19.5 Å². The summed E-state index contributed by atoms with van der Waals surface area (Å²) in [5.74, 6) is -1.10. The molecule has 2 aromatic carbocycles. The minimum atomic E-state index is -0.823. The van der Waals surface area contributed by atoms with Crippen LogP contribution < -0.4 is 16.7 Å². The topological polar surface area (TPSA) is 117 Å². The Labute approximate surface area is 171 Å². The molecule has 0 aliphatic carbocycles. The number of amides is 1. The second-order valence-corrected chi connectivity index (χ2v) is 6.60. The first kappa shape index (κ1) is 20.5. The molecular formula is C22H20N4O4. The molecule has 0 bridgehead atoms. The highest BCUT2D eigenvalue weighted by atomic mass is 16.3. The van der Waals surface area contributed by atoms with Gasteiger partial charge >= 0.3 is 5.69 Å². The van der Waals surface area contributed by atoms with Gasteiger partial charge in [-0.2, -0.15) is 5.10 Å². The number of nitrogens with zero attached hydrogens (tertiary/aromatic N) is 2. The number of carbonyl (C=O) groups excluding carboxylic acids is 1. The molecule has 0 radical (unpaired) electrons. The first-order valence-electron chi connectivity index (χ1n) is 9.09. The van der Waals surface area contributed by atoms with Crippen molar-refractivity contribution in [2.24, 2.45) is 5.10 Å². The Morgan fingerprint density at radius 3 is 2.57 bits per heavy atom. The van der Waals surface area contributed by atoms with Crippen LogP contribution in [-0.4, -0.2) is 26.8 Å². The Hall–Kier alpha value is -4.20.